The van der Waals surface area contributed by atoms with Crippen molar-refractivity contribution in [2.45, 2.75) is 52.3 Å². The SMILES string of the molecule is CCC(C)NC(=O)C(C)Oc1cc(F)ccc1[C@@H](C)N. The molecule has 0 aliphatic rings. The van der Waals surface area contributed by atoms with Gasteiger partial charge in [0.25, 0.3) is 5.91 Å². The van der Waals surface area contributed by atoms with Crippen molar-refractivity contribution in [3.8, 4) is 5.75 Å². The highest BCUT2D eigenvalue weighted by Crippen LogP contribution is 2.25. The van der Waals surface area contributed by atoms with Crippen LogP contribution in [0.4, 0.5) is 4.39 Å². The molecular formula is C15H23FN2O2. The molecule has 0 aromatic heterocycles. The summed E-state index contributed by atoms with van der Waals surface area (Å²) >= 11 is 0. The van der Waals surface area contributed by atoms with E-state index in [1.54, 1.807) is 19.9 Å². The van der Waals surface area contributed by atoms with Gasteiger partial charge in [-0.25, -0.2) is 4.39 Å². The molecule has 20 heavy (non-hydrogen) atoms. The van der Waals surface area contributed by atoms with Crippen molar-refractivity contribution >= 4 is 5.91 Å². The van der Waals surface area contributed by atoms with E-state index in [4.69, 9.17) is 10.5 Å². The number of amides is 1. The second-order valence-electron chi connectivity index (χ2n) is 5.05. The standard InChI is InChI=1S/C15H23FN2O2/c1-5-9(2)18-15(19)11(4)20-14-8-12(16)6-7-13(14)10(3)17/h6-11H,5,17H2,1-4H3,(H,18,19)/t9?,10-,11?/m1/s1. The number of rotatable bonds is 6. The molecule has 0 aliphatic heterocycles. The third-order valence-corrected chi connectivity index (χ3v) is 3.14. The van der Waals surface area contributed by atoms with Crippen molar-refractivity contribution in [2.75, 3.05) is 0 Å². The molecule has 1 amide bonds. The fourth-order valence-corrected chi connectivity index (χ4v) is 1.69. The first-order valence-corrected chi connectivity index (χ1v) is 6.87. The van der Waals surface area contributed by atoms with Gasteiger partial charge in [0.2, 0.25) is 0 Å². The topological polar surface area (TPSA) is 64.3 Å². The molecule has 1 aromatic carbocycles. The maximum absolute atomic E-state index is 13.3. The molecule has 0 bridgehead atoms. The van der Waals surface area contributed by atoms with Gasteiger partial charge in [-0.3, -0.25) is 4.79 Å². The number of ether oxygens (including phenoxy) is 1. The van der Waals surface area contributed by atoms with Crippen LogP contribution in [0.15, 0.2) is 18.2 Å². The summed E-state index contributed by atoms with van der Waals surface area (Å²) in [5.74, 6) is -0.329. The average molecular weight is 282 g/mol. The van der Waals surface area contributed by atoms with Gasteiger partial charge in [0.15, 0.2) is 6.10 Å². The number of hydrogen-bond donors (Lipinski definition) is 2. The minimum absolute atomic E-state index is 0.0777. The first-order chi connectivity index (χ1) is 9.35. The fraction of sp³-hybridized carbons (Fsp3) is 0.533. The van der Waals surface area contributed by atoms with E-state index in [1.165, 1.54) is 12.1 Å². The molecule has 5 heteroatoms. The molecule has 0 aliphatic carbocycles. The minimum atomic E-state index is -0.705. The summed E-state index contributed by atoms with van der Waals surface area (Å²) in [6.45, 7) is 7.31. The highest BCUT2D eigenvalue weighted by molar-refractivity contribution is 5.81. The van der Waals surface area contributed by atoms with Gasteiger partial charge in [-0.15, -0.1) is 0 Å². The molecule has 0 heterocycles. The molecule has 0 spiro atoms. The number of benzene rings is 1. The Balaban J connectivity index is 2.81. The molecule has 0 saturated carbocycles. The number of nitrogens with two attached hydrogens (primary N) is 1. The predicted molar refractivity (Wildman–Crippen MR) is 77.0 cm³/mol. The third kappa shape index (κ3) is 4.49. The quantitative estimate of drug-likeness (QED) is 0.842. The van der Waals surface area contributed by atoms with Crippen LogP contribution in [0.5, 0.6) is 5.75 Å². The molecular weight excluding hydrogens is 259 g/mol. The number of carbonyl (C=O) groups is 1. The van der Waals surface area contributed by atoms with Crippen molar-refractivity contribution in [2.24, 2.45) is 5.73 Å². The zero-order valence-electron chi connectivity index (χ0n) is 12.4. The van der Waals surface area contributed by atoms with Crippen molar-refractivity contribution < 1.29 is 13.9 Å². The van der Waals surface area contributed by atoms with E-state index in [0.717, 1.165) is 6.42 Å². The Morgan fingerprint density at radius 3 is 2.60 bits per heavy atom. The largest absolute Gasteiger partial charge is 0.480 e. The predicted octanol–water partition coefficient (Wildman–Crippen LogP) is 2.53. The summed E-state index contributed by atoms with van der Waals surface area (Å²) in [5, 5.41) is 2.82. The van der Waals surface area contributed by atoms with Gasteiger partial charge >= 0.3 is 0 Å². The zero-order chi connectivity index (χ0) is 15.3. The van der Waals surface area contributed by atoms with Gasteiger partial charge in [0.1, 0.15) is 11.6 Å². The number of carbonyl (C=O) groups excluding carboxylic acids is 1. The van der Waals surface area contributed by atoms with Crippen LogP contribution in [0.1, 0.15) is 45.7 Å². The third-order valence-electron chi connectivity index (χ3n) is 3.14. The monoisotopic (exact) mass is 282 g/mol. The second-order valence-corrected chi connectivity index (χ2v) is 5.05. The average Bonchev–Trinajstić information content (AvgIpc) is 2.38. The molecule has 3 N–H and O–H groups in total. The van der Waals surface area contributed by atoms with Gasteiger partial charge in [-0.1, -0.05) is 13.0 Å². The van der Waals surface area contributed by atoms with Crippen LogP contribution in [-0.4, -0.2) is 18.1 Å². The molecule has 112 valence electrons. The van der Waals surface area contributed by atoms with Crippen molar-refractivity contribution in [1.29, 1.82) is 0 Å². The van der Waals surface area contributed by atoms with Gasteiger partial charge < -0.3 is 15.8 Å². The van der Waals surface area contributed by atoms with Crippen LogP contribution >= 0.6 is 0 Å². The molecule has 0 fully saturated rings. The highest BCUT2D eigenvalue weighted by Gasteiger charge is 2.19. The molecule has 0 saturated heterocycles. The van der Waals surface area contributed by atoms with E-state index in [0.29, 0.717) is 11.3 Å². The molecule has 1 rings (SSSR count). The lowest BCUT2D eigenvalue weighted by atomic mass is 10.1. The fourth-order valence-electron chi connectivity index (χ4n) is 1.69. The molecule has 0 radical (unpaired) electrons. The Morgan fingerprint density at radius 2 is 2.05 bits per heavy atom. The van der Waals surface area contributed by atoms with Crippen LogP contribution < -0.4 is 15.8 Å². The van der Waals surface area contributed by atoms with Gasteiger partial charge in [-0.2, -0.15) is 0 Å². The van der Waals surface area contributed by atoms with Crippen molar-refractivity contribution in [3.05, 3.63) is 29.6 Å². The Hall–Kier alpha value is -1.62. The summed E-state index contributed by atoms with van der Waals surface area (Å²) in [5.41, 5.74) is 6.49. The molecule has 2 unspecified atom stereocenters. The van der Waals surface area contributed by atoms with E-state index in [9.17, 15) is 9.18 Å². The van der Waals surface area contributed by atoms with Crippen LogP contribution in [0.25, 0.3) is 0 Å². The number of nitrogens with one attached hydrogen (secondary N) is 1. The molecule has 1 aromatic rings. The lowest BCUT2D eigenvalue weighted by Gasteiger charge is -2.20. The Kier molecular flexibility index (Phi) is 5.95. The van der Waals surface area contributed by atoms with Gasteiger partial charge in [0, 0.05) is 23.7 Å². The lowest BCUT2D eigenvalue weighted by molar-refractivity contribution is -0.127. The van der Waals surface area contributed by atoms with Crippen LogP contribution in [0.3, 0.4) is 0 Å². The summed E-state index contributed by atoms with van der Waals surface area (Å²) in [6, 6.07) is 3.94. The maximum atomic E-state index is 13.3. The van der Waals surface area contributed by atoms with E-state index in [-0.39, 0.29) is 18.0 Å². The Labute approximate surface area is 119 Å². The molecule has 4 nitrogen and oxygen atoms in total. The maximum Gasteiger partial charge on any atom is 0.260 e. The van der Waals surface area contributed by atoms with Gasteiger partial charge in [-0.05, 0) is 33.3 Å². The van der Waals surface area contributed by atoms with Crippen molar-refractivity contribution in [1.82, 2.24) is 5.32 Å². The van der Waals surface area contributed by atoms with Crippen LogP contribution in [0, 0.1) is 5.82 Å². The smallest absolute Gasteiger partial charge is 0.260 e. The normalized spacial score (nSPS) is 15.3. The van der Waals surface area contributed by atoms with Crippen molar-refractivity contribution in [3.63, 3.8) is 0 Å². The Morgan fingerprint density at radius 1 is 1.40 bits per heavy atom. The summed E-state index contributed by atoms with van der Waals surface area (Å²) in [4.78, 5) is 11.9. The van der Waals surface area contributed by atoms with E-state index < -0.39 is 11.9 Å². The van der Waals surface area contributed by atoms with E-state index in [1.807, 2.05) is 13.8 Å². The minimum Gasteiger partial charge on any atom is -0.480 e. The van der Waals surface area contributed by atoms with Gasteiger partial charge in [0.05, 0.1) is 0 Å². The number of hydrogen-bond acceptors (Lipinski definition) is 3. The zero-order valence-corrected chi connectivity index (χ0v) is 12.4. The first-order valence-electron chi connectivity index (χ1n) is 6.87. The van der Waals surface area contributed by atoms with E-state index >= 15 is 0 Å². The second kappa shape index (κ2) is 7.24. The lowest BCUT2D eigenvalue weighted by Crippen LogP contribution is -2.41. The number of halogens is 1. The summed E-state index contributed by atoms with van der Waals surface area (Å²) in [7, 11) is 0. The van der Waals surface area contributed by atoms with Crippen LogP contribution in [-0.2, 0) is 4.79 Å². The first kappa shape index (κ1) is 16.4. The summed E-state index contributed by atoms with van der Waals surface area (Å²) in [6.07, 6.45) is 0.132. The molecule has 3 atom stereocenters. The van der Waals surface area contributed by atoms with E-state index in [2.05, 4.69) is 5.32 Å². The Bertz CT molecular complexity index is 463. The summed E-state index contributed by atoms with van der Waals surface area (Å²) < 4.78 is 18.9. The van der Waals surface area contributed by atoms with Crippen LogP contribution in [0.2, 0.25) is 0 Å². The highest BCUT2D eigenvalue weighted by atomic mass is 19.1.